The maximum atomic E-state index is 14.3. The first-order valence-electron chi connectivity index (χ1n) is 12.5. The lowest BCUT2D eigenvalue weighted by molar-refractivity contribution is -0.120. The Morgan fingerprint density at radius 1 is 0.947 bits per heavy atom. The minimum Gasteiger partial charge on any atom is -0.472 e. The number of alkyl halides is 3. The Kier molecular flexibility index (Phi) is 6.05. The van der Waals surface area contributed by atoms with Crippen LogP contribution in [0.1, 0.15) is 48.3 Å². The summed E-state index contributed by atoms with van der Waals surface area (Å²) in [4.78, 5) is 18.3. The Balaban J connectivity index is 1.41. The van der Waals surface area contributed by atoms with Crippen LogP contribution in [-0.2, 0) is 4.79 Å². The van der Waals surface area contributed by atoms with E-state index in [1.807, 2.05) is 0 Å². The minimum absolute atomic E-state index is 0.0519. The molecule has 3 aromatic rings. The van der Waals surface area contributed by atoms with Crippen LogP contribution in [-0.4, -0.2) is 17.7 Å². The fraction of sp³-hybridized carbons (Fsp3) is 0.267. The molecule has 38 heavy (non-hydrogen) atoms. The quantitative estimate of drug-likeness (QED) is 0.321. The lowest BCUT2D eigenvalue weighted by Gasteiger charge is -2.28. The number of ketones is 1. The minimum atomic E-state index is -4.67. The third kappa shape index (κ3) is 4.38. The average Bonchev–Trinajstić information content (AvgIpc) is 3.68. The van der Waals surface area contributed by atoms with Gasteiger partial charge in [0, 0.05) is 28.5 Å². The number of Topliss-reactive ketones (excluding diaryl/α,β-unsaturated/α-hetero) is 1. The number of allylic oxidation sites excluding steroid dienone is 6. The van der Waals surface area contributed by atoms with Gasteiger partial charge in [-0.1, -0.05) is 24.6 Å². The van der Waals surface area contributed by atoms with Crippen molar-refractivity contribution in [1.29, 1.82) is 0 Å². The van der Waals surface area contributed by atoms with Gasteiger partial charge in [-0.3, -0.25) is 4.79 Å². The van der Waals surface area contributed by atoms with Crippen molar-refractivity contribution in [1.82, 2.24) is 0 Å². The van der Waals surface area contributed by atoms with Crippen molar-refractivity contribution in [3.8, 4) is 0 Å². The van der Waals surface area contributed by atoms with Gasteiger partial charge in [0.15, 0.2) is 5.78 Å². The Bertz CT molecular complexity index is 1470. The molecule has 0 radical (unpaired) electrons. The summed E-state index contributed by atoms with van der Waals surface area (Å²) >= 11 is 0. The summed E-state index contributed by atoms with van der Waals surface area (Å²) < 4.78 is 66.6. The predicted octanol–water partition coefficient (Wildman–Crippen LogP) is 7.92. The molecular formula is C30H23F4NO3. The highest BCUT2D eigenvalue weighted by Crippen LogP contribution is 2.47. The molecule has 0 spiro atoms. The van der Waals surface area contributed by atoms with Gasteiger partial charge >= 0.3 is 6.18 Å². The van der Waals surface area contributed by atoms with E-state index in [0.717, 1.165) is 24.5 Å². The summed E-state index contributed by atoms with van der Waals surface area (Å²) in [6.07, 6.45) is 6.53. The number of furan rings is 2. The summed E-state index contributed by atoms with van der Waals surface area (Å²) in [6.45, 7) is 0. The zero-order valence-corrected chi connectivity index (χ0v) is 20.2. The van der Waals surface area contributed by atoms with E-state index in [-0.39, 0.29) is 28.9 Å². The fourth-order valence-corrected chi connectivity index (χ4v) is 5.80. The van der Waals surface area contributed by atoms with Crippen LogP contribution in [0.4, 0.5) is 17.6 Å². The number of aliphatic imine (C=N–C) groups is 1. The van der Waals surface area contributed by atoms with E-state index < -0.39 is 23.6 Å². The van der Waals surface area contributed by atoms with Gasteiger partial charge in [-0.05, 0) is 66.7 Å². The van der Waals surface area contributed by atoms with Crippen molar-refractivity contribution in [3.05, 3.63) is 107 Å². The average molecular weight is 522 g/mol. The lowest BCUT2D eigenvalue weighted by Crippen LogP contribution is -2.27. The van der Waals surface area contributed by atoms with Crippen LogP contribution in [0.3, 0.4) is 0 Å². The number of carbonyl (C=O) groups excluding carboxylic acids is 1. The highest BCUT2D eigenvalue weighted by Gasteiger charge is 2.46. The number of halogens is 4. The number of nitrogens with zero attached hydrogens (tertiary/aromatic N) is 1. The molecular weight excluding hydrogens is 498 g/mol. The third-order valence-electron chi connectivity index (χ3n) is 7.63. The van der Waals surface area contributed by atoms with Crippen LogP contribution in [0.25, 0.3) is 11.1 Å². The van der Waals surface area contributed by atoms with Crippen LogP contribution < -0.4 is 0 Å². The van der Waals surface area contributed by atoms with E-state index in [0.29, 0.717) is 35.1 Å². The van der Waals surface area contributed by atoms with Crippen molar-refractivity contribution in [2.24, 2.45) is 16.8 Å². The van der Waals surface area contributed by atoms with Gasteiger partial charge in [-0.25, -0.2) is 9.38 Å². The molecule has 3 heterocycles. The van der Waals surface area contributed by atoms with E-state index in [1.165, 1.54) is 37.2 Å². The summed E-state index contributed by atoms with van der Waals surface area (Å²) in [7, 11) is 0. The molecule has 0 amide bonds. The van der Waals surface area contributed by atoms with Crippen molar-refractivity contribution in [2.75, 3.05) is 0 Å². The second kappa shape index (κ2) is 9.42. The highest BCUT2D eigenvalue weighted by molar-refractivity contribution is 6.22. The van der Waals surface area contributed by atoms with Gasteiger partial charge in [0.2, 0.25) is 0 Å². The maximum Gasteiger partial charge on any atom is 0.418 e. The molecule has 1 saturated carbocycles. The van der Waals surface area contributed by atoms with Crippen molar-refractivity contribution < 1.29 is 31.2 Å². The maximum absolute atomic E-state index is 14.3. The molecule has 2 aromatic heterocycles. The normalized spacial score (nSPS) is 23.6. The van der Waals surface area contributed by atoms with Crippen LogP contribution in [0.2, 0.25) is 0 Å². The zero-order valence-electron chi connectivity index (χ0n) is 20.2. The first-order chi connectivity index (χ1) is 18.3. The molecule has 2 aliphatic carbocycles. The van der Waals surface area contributed by atoms with Crippen molar-refractivity contribution >= 4 is 22.6 Å². The highest BCUT2D eigenvalue weighted by atomic mass is 19.4. The number of benzene rings is 1. The zero-order chi connectivity index (χ0) is 26.4. The summed E-state index contributed by atoms with van der Waals surface area (Å²) in [5.41, 5.74) is 1.73. The number of hydrogen-bond acceptors (Lipinski definition) is 4. The Morgan fingerprint density at radius 3 is 2.32 bits per heavy atom. The van der Waals surface area contributed by atoms with Crippen molar-refractivity contribution in [3.63, 3.8) is 0 Å². The van der Waals surface area contributed by atoms with Gasteiger partial charge in [-0.15, -0.1) is 0 Å². The Hall–Kier alpha value is -3.94. The molecule has 8 heteroatoms. The summed E-state index contributed by atoms with van der Waals surface area (Å²) in [5, 5.41) is 0. The van der Waals surface area contributed by atoms with E-state index in [1.54, 1.807) is 30.3 Å². The molecule has 3 aliphatic rings. The monoisotopic (exact) mass is 521 g/mol. The lowest BCUT2D eigenvalue weighted by atomic mass is 9.75. The molecule has 1 aliphatic heterocycles. The van der Waals surface area contributed by atoms with Gasteiger partial charge in [-0.2, -0.15) is 13.2 Å². The van der Waals surface area contributed by atoms with E-state index >= 15 is 0 Å². The van der Waals surface area contributed by atoms with Crippen LogP contribution in [0.15, 0.2) is 98.7 Å². The second-order valence-electron chi connectivity index (χ2n) is 9.92. The summed E-state index contributed by atoms with van der Waals surface area (Å²) in [6, 6.07) is 9.51. The van der Waals surface area contributed by atoms with Crippen LogP contribution in [0, 0.1) is 17.7 Å². The molecule has 0 saturated heterocycles. The third-order valence-corrected chi connectivity index (χ3v) is 7.63. The number of carbonyl (C=O) groups is 1. The van der Waals surface area contributed by atoms with Gasteiger partial charge in [0.1, 0.15) is 11.5 Å². The number of hydrogen-bond donors (Lipinski definition) is 0. The molecule has 6 rings (SSSR count). The van der Waals surface area contributed by atoms with Gasteiger partial charge < -0.3 is 8.83 Å². The fourth-order valence-electron chi connectivity index (χ4n) is 5.80. The largest absolute Gasteiger partial charge is 0.472 e. The summed E-state index contributed by atoms with van der Waals surface area (Å²) in [5.74, 6) is -1.81. The molecule has 1 fully saturated rings. The molecule has 3 unspecified atom stereocenters. The molecule has 194 valence electrons. The van der Waals surface area contributed by atoms with Gasteiger partial charge in [0.25, 0.3) is 0 Å². The SMILES string of the molecule is O=C(C1=C(c2ccoc2)C2C=C(c3ccoc3)C=C(C(F)(F)F)C2=N1)C1CCCC(c2ccc(F)cc2)C1. The van der Waals surface area contributed by atoms with Crippen LogP contribution in [0.5, 0.6) is 0 Å². The van der Waals surface area contributed by atoms with Gasteiger partial charge in [0.05, 0.1) is 36.3 Å². The smallest absolute Gasteiger partial charge is 0.418 e. The Labute approximate surface area is 216 Å². The number of fused-ring (bicyclic) bond motifs is 1. The molecule has 3 atom stereocenters. The first-order valence-corrected chi connectivity index (χ1v) is 12.5. The van der Waals surface area contributed by atoms with E-state index in [9.17, 15) is 22.4 Å². The second-order valence-corrected chi connectivity index (χ2v) is 9.92. The Morgan fingerprint density at radius 2 is 1.66 bits per heavy atom. The number of rotatable bonds is 5. The standard InChI is InChI=1S/C30H23F4NO3/c31-23-6-4-17(5-7-23)18-2-1-3-19(12-18)29(36)28-26(21-9-11-38-16-21)24-13-22(20-8-10-37-15-20)14-25(27(24)35-28)30(32,33)34/h4-11,13-16,18-19,24H,1-3,12H2. The molecule has 0 bridgehead atoms. The molecule has 1 aromatic carbocycles. The van der Waals surface area contributed by atoms with E-state index in [4.69, 9.17) is 8.83 Å². The first kappa shape index (κ1) is 24.4. The van der Waals surface area contributed by atoms with Crippen LogP contribution >= 0.6 is 0 Å². The molecule has 0 N–H and O–H groups in total. The topological polar surface area (TPSA) is 55.7 Å². The van der Waals surface area contributed by atoms with E-state index in [2.05, 4.69) is 4.99 Å². The van der Waals surface area contributed by atoms with Crippen molar-refractivity contribution in [2.45, 2.75) is 37.8 Å². The predicted molar refractivity (Wildman–Crippen MR) is 133 cm³/mol. The molecule has 4 nitrogen and oxygen atoms in total.